The highest BCUT2D eigenvalue weighted by Crippen LogP contribution is 2.16. The summed E-state index contributed by atoms with van der Waals surface area (Å²) in [5.41, 5.74) is 2.86. The van der Waals surface area contributed by atoms with E-state index >= 15 is 0 Å². The number of aromatic nitrogens is 2. The van der Waals surface area contributed by atoms with E-state index in [9.17, 15) is 9.18 Å². The van der Waals surface area contributed by atoms with Gasteiger partial charge in [0.05, 0.1) is 17.4 Å². The number of nitrogens with one attached hydrogen (secondary N) is 1. The number of nitrogens with zero attached hydrogens (tertiary/aromatic N) is 3. The van der Waals surface area contributed by atoms with Gasteiger partial charge in [0.15, 0.2) is 0 Å². The molecule has 1 aromatic carbocycles. The topological polar surface area (TPSA) is 58.1 Å². The minimum atomic E-state index is -0.398. The predicted molar refractivity (Wildman–Crippen MR) is 99.8 cm³/mol. The Morgan fingerprint density at radius 1 is 1.12 bits per heavy atom. The maximum absolute atomic E-state index is 13.2. The van der Waals surface area contributed by atoms with Crippen molar-refractivity contribution in [3.63, 3.8) is 0 Å². The average Bonchev–Trinajstić information content (AvgIpc) is 2.67. The van der Waals surface area contributed by atoms with E-state index in [4.69, 9.17) is 0 Å². The number of anilines is 2. The third kappa shape index (κ3) is 4.63. The predicted octanol–water partition coefficient (Wildman–Crippen LogP) is 3.55. The van der Waals surface area contributed by atoms with Crippen molar-refractivity contribution >= 4 is 17.3 Å². The molecule has 2 aromatic heterocycles. The number of amides is 1. The van der Waals surface area contributed by atoms with Gasteiger partial charge in [0.2, 0.25) is 0 Å². The van der Waals surface area contributed by atoms with E-state index in [0.717, 1.165) is 18.7 Å². The van der Waals surface area contributed by atoms with Gasteiger partial charge in [0.1, 0.15) is 5.82 Å². The van der Waals surface area contributed by atoms with E-state index in [2.05, 4.69) is 15.3 Å². The molecule has 0 saturated carbocycles. The Morgan fingerprint density at radius 3 is 2.69 bits per heavy atom. The zero-order chi connectivity index (χ0) is 18.4. The second kappa shape index (κ2) is 8.20. The number of carbonyl (C=O) groups excluding carboxylic acids is 1. The van der Waals surface area contributed by atoms with Gasteiger partial charge in [-0.25, -0.2) is 4.39 Å². The molecule has 1 N–H and O–H groups in total. The van der Waals surface area contributed by atoms with Crippen molar-refractivity contribution < 1.29 is 9.18 Å². The molecule has 0 radical (unpaired) electrons. The molecule has 0 fully saturated rings. The summed E-state index contributed by atoms with van der Waals surface area (Å²) >= 11 is 0. The lowest BCUT2D eigenvalue weighted by Crippen LogP contribution is -2.21. The lowest BCUT2D eigenvalue weighted by Gasteiger charge is -2.19. The van der Waals surface area contributed by atoms with Crippen molar-refractivity contribution in [3.05, 3.63) is 84.2 Å². The SMILES string of the molecule is CN(CCc1ccncc1)c1cncc(C(=O)Nc2cccc(F)c2)c1. The van der Waals surface area contributed by atoms with Crippen LogP contribution in [0.4, 0.5) is 15.8 Å². The molecule has 1 amide bonds. The molecule has 0 bridgehead atoms. The Morgan fingerprint density at radius 2 is 1.92 bits per heavy atom. The van der Waals surface area contributed by atoms with Crippen LogP contribution in [-0.2, 0) is 6.42 Å². The lowest BCUT2D eigenvalue weighted by molar-refractivity contribution is 0.102. The van der Waals surface area contributed by atoms with Gasteiger partial charge in [-0.05, 0) is 48.4 Å². The van der Waals surface area contributed by atoms with E-state index < -0.39 is 5.82 Å². The maximum atomic E-state index is 13.2. The summed E-state index contributed by atoms with van der Waals surface area (Å²) in [5, 5.41) is 2.68. The molecule has 5 nitrogen and oxygen atoms in total. The summed E-state index contributed by atoms with van der Waals surface area (Å²) in [6, 6.07) is 11.5. The molecule has 2 heterocycles. The second-order valence-corrected chi connectivity index (χ2v) is 5.92. The van der Waals surface area contributed by atoms with Gasteiger partial charge in [0, 0.05) is 37.9 Å². The van der Waals surface area contributed by atoms with Crippen LogP contribution in [-0.4, -0.2) is 29.5 Å². The average molecular weight is 350 g/mol. The van der Waals surface area contributed by atoms with Crippen molar-refractivity contribution in [2.45, 2.75) is 6.42 Å². The highest BCUT2D eigenvalue weighted by molar-refractivity contribution is 6.04. The largest absolute Gasteiger partial charge is 0.373 e. The van der Waals surface area contributed by atoms with Crippen LogP contribution in [0.1, 0.15) is 15.9 Å². The Balaban J connectivity index is 1.66. The summed E-state index contributed by atoms with van der Waals surface area (Å²) < 4.78 is 13.2. The fraction of sp³-hybridized carbons (Fsp3) is 0.150. The Kier molecular flexibility index (Phi) is 5.53. The monoisotopic (exact) mass is 350 g/mol. The van der Waals surface area contributed by atoms with E-state index in [1.54, 1.807) is 36.8 Å². The van der Waals surface area contributed by atoms with E-state index in [1.165, 1.54) is 23.9 Å². The first-order valence-corrected chi connectivity index (χ1v) is 8.24. The van der Waals surface area contributed by atoms with Crippen LogP contribution in [0.25, 0.3) is 0 Å². The normalized spacial score (nSPS) is 10.4. The number of pyridine rings is 2. The molecule has 132 valence electrons. The van der Waals surface area contributed by atoms with Crippen LogP contribution in [0.2, 0.25) is 0 Å². The lowest BCUT2D eigenvalue weighted by atomic mass is 10.2. The highest BCUT2D eigenvalue weighted by Gasteiger charge is 2.10. The van der Waals surface area contributed by atoms with Crippen LogP contribution >= 0.6 is 0 Å². The first-order chi connectivity index (χ1) is 12.6. The first kappa shape index (κ1) is 17.5. The maximum Gasteiger partial charge on any atom is 0.257 e. The molecule has 0 aliphatic rings. The molecule has 0 aliphatic carbocycles. The Hall–Kier alpha value is -3.28. The molecule has 0 saturated heterocycles. The van der Waals surface area contributed by atoms with Crippen molar-refractivity contribution in [2.24, 2.45) is 0 Å². The molecule has 0 spiro atoms. The zero-order valence-electron chi connectivity index (χ0n) is 14.4. The number of hydrogen-bond acceptors (Lipinski definition) is 4. The van der Waals surface area contributed by atoms with Crippen molar-refractivity contribution in [1.82, 2.24) is 9.97 Å². The Bertz CT molecular complexity index is 886. The fourth-order valence-corrected chi connectivity index (χ4v) is 2.51. The van der Waals surface area contributed by atoms with Gasteiger partial charge < -0.3 is 10.2 Å². The van der Waals surface area contributed by atoms with E-state index in [0.29, 0.717) is 11.3 Å². The molecule has 3 aromatic rings. The number of rotatable bonds is 6. The molecule has 0 atom stereocenters. The number of halogens is 1. The van der Waals surface area contributed by atoms with Gasteiger partial charge >= 0.3 is 0 Å². The third-order valence-corrected chi connectivity index (χ3v) is 3.99. The van der Waals surface area contributed by atoms with Gasteiger partial charge in [-0.1, -0.05) is 6.07 Å². The number of benzene rings is 1. The quantitative estimate of drug-likeness (QED) is 0.739. The van der Waals surface area contributed by atoms with Crippen molar-refractivity contribution in [2.75, 3.05) is 23.8 Å². The first-order valence-electron chi connectivity index (χ1n) is 8.24. The minimum absolute atomic E-state index is 0.326. The summed E-state index contributed by atoms with van der Waals surface area (Å²) in [4.78, 5) is 22.6. The molecular weight excluding hydrogens is 331 g/mol. The number of likely N-dealkylation sites (N-methyl/N-ethyl adjacent to an activating group) is 1. The molecule has 0 aliphatic heterocycles. The smallest absolute Gasteiger partial charge is 0.257 e. The van der Waals surface area contributed by atoms with Crippen molar-refractivity contribution in [1.29, 1.82) is 0 Å². The van der Waals surface area contributed by atoms with Crippen LogP contribution in [0.5, 0.6) is 0 Å². The van der Waals surface area contributed by atoms with Gasteiger partial charge in [-0.15, -0.1) is 0 Å². The minimum Gasteiger partial charge on any atom is -0.373 e. The molecular formula is C20H19FN4O. The molecule has 0 unspecified atom stereocenters. The van der Waals surface area contributed by atoms with E-state index in [-0.39, 0.29) is 5.91 Å². The summed E-state index contributed by atoms with van der Waals surface area (Å²) in [6.07, 6.45) is 7.61. The summed E-state index contributed by atoms with van der Waals surface area (Å²) in [6.45, 7) is 0.778. The van der Waals surface area contributed by atoms with Gasteiger partial charge in [-0.3, -0.25) is 14.8 Å². The molecule has 3 rings (SSSR count). The zero-order valence-corrected chi connectivity index (χ0v) is 14.4. The Labute approximate surface area is 151 Å². The fourth-order valence-electron chi connectivity index (χ4n) is 2.51. The van der Waals surface area contributed by atoms with Crippen LogP contribution in [0, 0.1) is 5.82 Å². The third-order valence-electron chi connectivity index (χ3n) is 3.99. The van der Waals surface area contributed by atoms with Crippen LogP contribution in [0.3, 0.4) is 0 Å². The molecule has 26 heavy (non-hydrogen) atoms. The second-order valence-electron chi connectivity index (χ2n) is 5.92. The highest BCUT2D eigenvalue weighted by atomic mass is 19.1. The number of carbonyl (C=O) groups is 1. The van der Waals surface area contributed by atoms with Gasteiger partial charge in [-0.2, -0.15) is 0 Å². The summed E-state index contributed by atoms with van der Waals surface area (Å²) in [5.74, 6) is -0.724. The van der Waals surface area contributed by atoms with Gasteiger partial charge in [0.25, 0.3) is 5.91 Å². The van der Waals surface area contributed by atoms with E-state index in [1.807, 2.05) is 24.1 Å². The summed E-state index contributed by atoms with van der Waals surface area (Å²) in [7, 11) is 1.95. The standard InChI is InChI=1S/C20H19FN4O/c1-25(10-7-15-5-8-22-9-6-15)19-11-16(13-23-14-19)20(26)24-18-4-2-3-17(21)12-18/h2-6,8-9,11-14H,7,10H2,1H3,(H,24,26). The van der Waals surface area contributed by atoms with Crippen LogP contribution < -0.4 is 10.2 Å². The molecule has 6 heteroatoms. The van der Waals surface area contributed by atoms with Crippen LogP contribution in [0.15, 0.2) is 67.3 Å². The van der Waals surface area contributed by atoms with Crippen molar-refractivity contribution in [3.8, 4) is 0 Å². The number of hydrogen-bond donors (Lipinski definition) is 1.